The fourth-order valence-corrected chi connectivity index (χ4v) is 1.36. The summed E-state index contributed by atoms with van der Waals surface area (Å²) in [7, 11) is 0. The fourth-order valence-electron chi connectivity index (χ4n) is 1.21. The molecule has 0 bridgehead atoms. The van der Waals surface area contributed by atoms with Crippen LogP contribution in [0, 0.1) is 5.92 Å². The van der Waals surface area contributed by atoms with Crippen LogP contribution in [-0.2, 0) is 4.79 Å². The number of anilines is 2. The van der Waals surface area contributed by atoms with Crippen LogP contribution in [0.25, 0.3) is 0 Å². The van der Waals surface area contributed by atoms with E-state index in [9.17, 15) is 4.79 Å². The Balaban J connectivity index is 2.60. The lowest BCUT2D eigenvalue weighted by molar-refractivity contribution is -0.121. The summed E-state index contributed by atoms with van der Waals surface area (Å²) in [4.78, 5) is 19.4. The van der Waals surface area contributed by atoms with Crippen LogP contribution in [0.1, 0.15) is 20.8 Å². The predicted molar refractivity (Wildman–Crippen MR) is 72.4 cm³/mol. The summed E-state index contributed by atoms with van der Waals surface area (Å²) < 4.78 is 0. The molecule has 1 atom stereocenters. The van der Waals surface area contributed by atoms with E-state index < -0.39 is 6.04 Å². The van der Waals surface area contributed by atoms with Gasteiger partial charge >= 0.3 is 0 Å². The third-order valence-electron chi connectivity index (χ3n) is 2.19. The Morgan fingerprint density at radius 2 is 2.17 bits per heavy atom. The number of rotatable bonds is 5. The van der Waals surface area contributed by atoms with E-state index in [4.69, 9.17) is 17.3 Å². The third-order valence-corrected chi connectivity index (χ3v) is 2.47. The first-order chi connectivity index (χ1) is 8.40. The molecule has 18 heavy (non-hydrogen) atoms. The number of carbonyl (C=O) groups is 1. The van der Waals surface area contributed by atoms with Crippen LogP contribution in [0.5, 0.6) is 0 Å². The van der Waals surface area contributed by atoms with Gasteiger partial charge in [-0.1, -0.05) is 25.4 Å². The van der Waals surface area contributed by atoms with Gasteiger partial charge in [0.25, 0.3) is 0 Å². The van der Waals surface area contributed by atoms with Crippen molar-refractivity contribution in [2.75, 3.05) is 17.6 Å². The van der Waals surface area contributed by atoms with Gasteiger partial charge in [-0.3, -0.25) is 4.79 Å². The minimum Gasteiger partial charge on any atom is -0.368 e. The topological polar surface area (TPSA) is 92.9 Å². The summed E-state index contributed by atoms with van der Waals surface area (Å²) in [5, 5.41) is 6.04. The summed E-state index contributed by atoms with van der Waals surface area (Å²) in [5.74, 6) is 0.754. The molecule has 1 unspecified atom stereocenters. The van der Waals surface area contributed by atoms with Gasteiger partial charge in [-0.25, -0.2) is 4.98 Å². The average molecular weight is 272 g/mol. The van der Waals surface area contributed by atoms with Crippen LogP contribution >= 0.6 is 11.6 Å². The van der Waals surface area contributed by atoms with Gasteiger partial charge in [0.1, 0.15) is 11.1 Å². The van der Waals surface area contributed by atoms with Gasteiger partial charge in [-0.2, -0.15) is 4.98 Å². The zero-order valence-electron chi connectivity index (χ0n) is 10.7. The maximum atomic E-state index is 11.8. The first kappa shape index (κ1) is 14.5. The van der Waals surface area contributed by atoms with Crippen molar-refractivity contribution in [1.82, 2.24) is 15.3 Å². The van der Waals surface area contributed by atoms with E-state index in [2.05, 4.69) is 20.6 Å². The summed E-state index contributed by atoms with van der Waals surface area (Å²) in [6.07, 6.45) is 1.39. The predicted octanol–water partition coefficient (Wildman–Crippen LogP) is 1.28. The normalized spacial score (nSPS) is 12.3. The second kappa shape index (κ2) is 6.39. The van der Waals surface area contributed by atoms with E-state index in [-0.39, 0.29) is 11.9 Å². The largest absolute Gasteiger partial charge is 0.368 e. The first-order valence-corrected chi connectivity index (χ1v) is 6.10. The minimum atomic E-state index is -0.449. The maximum Gasteiger partial charge on any atom is 0.242 e. The quantitative estimate of drug-likeness (QED) is 0.750. The highest BCUT2D eigenvalue weighted by Crippen LogP contribution is 2.19. The van der Waals surface area contributed by atoms with Gasteiger partial charge in [0.05, 0.1) is 6.20 Å². The number of aromatic nitrogens is 2. The molecule has 1 rings (SSSR count). The van der Waals surface area contributed by atoms with Crippen molar-refractivity contribution in [2.45, 2.75) is 26.8 Å². The van der Waals surface area contributed by atoms with Gasteiger partial charge in [-0.15, -0.1) is 0 Å². The molecule has 0 aliphatic rings. The molecular formula is C11H18ClN5O. The number of carbonyl (C=O) groups excluding carboxylic acids is 1. The van der Waals surface area contributed by atoms with Gasteiger partial charge in [-0.05, 0) is 12.8 Å². The molecule has 0 aliphatic carbocycles. The van der Waals surface area contributed by atoms with E-state index in [1.54, 1.807) is 6.92 Å². The fraction of sp³-hybridized carbons (Fsp3) is 0.545. The Bertz CT molecular complexity index is 424. The average Bonchev–Trinajstić information content (AvgIpc) is 2.30. The number of nitrogens with one attached hydrogen (secondary N) is 2. The molecule has 4 N–H and O–H groups in total. The molecule has 0 aliphatic heterocycles. The second-order valence-corrected chi connectivity index (χ2v) is 4.84. The molecule has 0 fully saturated rings. The molecule has 1 aromatic heterocycles. The van der Waals surface area contributed by atoms with E-state index in [1.165, 1.54) is 6.20 Å². The molecule has 100 valence electrons. The SMILES string of the molecule is CC(C)CNC(=O)C(C)Nc1nc(N)ncc1Cl. The highest BCUT2D eigenvalue weighted by atomic mass is 35.5. The summed E-state index contributed by atoms with van der Waals surface area (Å²) in [5.41, 5.74) is 5.46. The summed E-state index contributed by atoms with van der Waals surface area (Å²) in [6, 6.07) is -0.449. The number of hydrogen-bond donors (Lipinski definition) is 3. The highest BCUT2D eigenvalue weighted by molar-refractivity contribution is 6.32. The molecule has 1 amide bonds. The van der Waals surface area contributed by atoms with Crippen LogP contribution < -0.4 is 16.4 Å². The lowest BCUT2D eigenvalue weighted by Gasteiger charge is -2.16. The minimum absolute atomic E-state index is 0.108. The van der Waals surface area contributed by atoms with Crippen molar-refractivity contribution in [3.8, 4) is 0 Å². The van der Waals surface area contributed by atoms with E-state index in [0.29, 0.717) is 23.3 Å². The van der Waals surface area contributed by atoms with Crippen molar-refractivity contribution in [3.05, 3.63) is 11.2 Å². The molecule has 0 aromatic carbocycles. The maximum absolute atomic E-state index is 11.8. The number of nitrogen functional groups attached to an aromatic ring is 1. The lowest BCUT2D eigenvalue weighted by atomic mass is 10.2. The number of nitrogens with zero attached hydrogens (tertiary/aromatic N) is 2. The molecule has 0 radical (unpaired) electrons. The number of hydrogen-bond acceptors (Lipinski definition) is 5. The van der Waals surface area contributed by atoms with E-state index in [0.717, 1.165) is 0 Å². The summed E-state index contributed by atoms with van der Waals surface area (Å²) in [6.45, 7) is 6.41. The number of nitrogens with two attached hydrogens (primary N) is 1. The van der Waals surface area contributed by atoms with E-state index in [1.807, 2.05) is 13.8 Å². The first-order valence-electron chi connectivity index (χ1n) is 5.72. The van der Waals surface area contributed by atoms with Gasteiger partial charge in [0.2, 0.25) is 11.9 Å². The van der Waals surface area contributed by atoms with Crippen molar-refractivity contribution in [1.29, 1.82) is 0 Å². The van der Waals surface area contributed by atoms with Gasteiger partial charge in [0, 0.05) is 6.54 Å². The Labute approximate surface area is 111 Å². The molecule has 6 nitrogen and oxygen atoms in total. The Morgan fingerprint density at radius 3 is 2.78 bits per heavy atom. The van der Waals surface area contributed by atoms with Gasteiger partial charge in [0.15, 0.2) is 5.82 Å². The Kier molecular flexibility index (Phi) is 5.15. The smallest absolute Gasteiger partial charge is 0.242 e. The Hall–Kier alpha value is -1.56. The third kappa shape index (κ3) is 4.37. The highest BCUT2D eigenvalue weighted by Gasteiger charge is 2.15. The van der Waals surface area contributed by atoms with Crippen LogP contribution in [0.2, 0.25) is 5.02 Å². The molecule has 0 saturated carbocycles. The van der Waals surface area contributed by atoms with Crippen LogP contribution in [-0.4, -0.2) is 28.5 Å². The lowest BCUT2D eigenvalue weighted by Crippen LogP contribution is -2.39. The molecular weight excluding hydrogens is 254 g/mol. The van der Waals surface area contributed by atoms with Crippen molar-refractivity contribution >= 4 is 29.3 Å². The zero-order chi connectivity index (χ0) is 13.7. The number of halogens is 1. The molecule has 0 saturated heterocycles. The van der Waals surface area contributed by atoms with Crippen LogP contribution in [0.4, 0.5) is 11.8 Å². The van der Waals surface area contributed by atoms with E-state index >= 15 is 0 Å². The molecule has 1 aromatic rings. The van der Waals surface area contributed by atoms with Crippen LogP contribution in [0.3, 0.4) is 0 Å². The van der Waals surface area contributed by atoms with Gasteiger partial charge < -0.3 is 16.4 Å². The van der Waals surface area contributed by atoms with Crippen molar-refractivity contribution < 1.29 is 4.79 Å². The standard InChI is InChI=1S/C11H18ClN5O/c1-6(2)4-14-10(18)7(3)16-9-8(12)5-15-11(13)17-9/h5-7H,4H2,1-3H3,(H,14,18)(H3,13,15,16,17). The second-order valence-electron chi connectivity index (χ2n) is 4.43. The van der Waals surface area contributed by atoms with Crippen molar-refractivity contribution in [3.63, 3.8) is 0 Å². The van der Waals surface area contributed by atoms with Crippen LogP contribution in [0.15, 0.2) is 6.20 Å². The zero-order valence-corrected chi connectivity index (χ0v) is 11.5. The number of amides is 1. The molecule has 0 spiro atoms. The Morgan fingerprint density at radius 1 is 1.50 bits per heavy atom. The summed E-state index contributed by atoms with van der Waals surface area (Å²) >= 11 is 5.90. The molecule has 1 heterocycles. The monoisotopic (exact) mass is 271 g/mol. The van der Waals surface area contributed by atoms with Crippen molar-refractivity contribution in [2.24, 2.45) is 5.92 Å². The molecule has 7 heteroatoms.